The van der Waals surface area contributed by atoms with Gasteiger partial charge in [-0.3, -0.25) is 4.99 Å². The van der Waals surface area contributed by atoms with Gasteiger partial charge in [0.1, 0.15) is 0 Å². The van der Waals surface area contributed by atoms with Gasteiger partial charge in [-0.15, -0.1) is 24.0 Å². The standard InChI is InChI=1S/C19H34N4.HI/c1-5-23(6-2)15-11-10-14-21-19(20-4)22-16-17(3)18-12-8-7-9-13-18;/h7-9,12-13,17H,5-6,10-11,14-16H2,1-4H3,(H2,20,21,22);1H. The van der Waals surface area contributed by atoms with Crippen molar-refractivity contribution < 1.29 is 0 Å². The predicted molar refractivity (Wildman–Crippen MR) is 117 cm³/mol. The Balaban J connectivity index is 0.00000529. The van der Waals surface area contributed by atoms with Gasteiger partial charge in [0.2, 0.25) is 0 Å². The summed E-state index contributed by atoms with van der Waals surface area (Å²) in [4.78, 5) is 6.77. The van der Waals surface area contributed by atoms with Crippen molar-refractivity contribution in [2.45, 2.75) is 39.5 Å². The molecule has 0 heterocycles. The van der Waals surface area contributed by atoms with Crippen molar-refractivity contribution in [3.05, 3.63) is 35.9 Å². The first kappa shape index (κ1) is 23.2. The van der Waals surface area contributed by atoms with Gasteiger partial charge in [0.25, 0.3) is 0 Å². The summed E-state index contributed by atoms with van der Waals surface area (Å²) in [6.45, 7) is 12.0. The highest BCUT2D eigenvalue weighted by Crippen LogP contribution is 2.12. The second-order valence-corrected chi connectivity index (χ2v) is 5.93. The summed E-state index contributed by atoms with van der Waals surface area (Å²) < 4.78 is 0. The van der Waals surface area contributed by atoms with Gasteiger partial charge in [-0.2, -0.15) is 0 Å². The molecule has 1 atom stereocenters. The molecule has 0 aliphatic rings. The van der Waals surface area contributed by atoms with E-state index in [-0.39, 0.29) is 24.0 Å². The van der Waals surface area contributed by atoms with Crippen LogP contribution >= 0.6 is 24.0 Å². The molecule has 1 aromatic carbocycles. The molecule has 1 aromatic rings. The van der Waals surface area contributed by atoms with Crippen molar-refractivity contribution in [3.63, 3.8) is 0 Å². The van der Waals surface area contributed by atoms with E-state index >= 15 is 0 Å². The number of unbranched alkanes of at least 4 members (excludes halogenated alkanes) is 1. The van der Waals surface area contributed by atoms with Crippen molar-refractivity contribution in [1.82, 2.24) is 15.5 Å². The van der Waals surface area contributed by atoms with Crippen molar-refractivity contribution in [3.8, 4) is 0 Å². The van der Waals surface area contributed by atoms with Crippen LogP contribution in [0, 0.1) is 0 Å². The van der Waals surface area contributed by atoms with Crippen LogP contribution in [0.15, 0.2) is 35.3 Å². The summed E-state index contributed by atoms with van der Waals surface area (Å²) in [6.07, 6.45) is 2.40. The van der Waals surface area contributed by atoms with E-state index in [1.807, 2.05) is 7.05 Å². The third-order valence-corrected chi connectivity index (χ3v) is 4.26. The SMILES string of the molecule is CCN(CC)CCCCNC(=NC)NCC(C)c1ccccc1.I. The molecule has 0 amide bonds. The number of halogens is 1. The lowest BCUT2D eigenvalue weighted by Crippen LogP contribution is -2.39. The number of guanidine groups is 1. The molecule has 0 aliphatic carbocycles. The van der Waals surface area contributed by atoms with E-state index < -0.39 is 0 Å². The molecular formula is C19H35IN4. The van der Waals surface area contributed by atoms with Crippen LogP contribution in [0.3, 0.4) is 0 Å². The lowest BCUT2D eigenvalue weighted by Gasteiger charge is -2.18. The van der Waals surface area contributed by atoms with Crippen molar-refractivity contribution in [1.29, 1.82) is 0 Å². The predicted octanol–water partition coefficient (Wildman–Crippen LogP) is 3.70. The summed E-state index contributed by atoms with van der Waals surface area (Å²) in [5.41, 5.74) is 1.36. The smallest absolute Gasteiger partial charge is 0.190 e. The monoisotopic (exact) mass is 446 g/mol. The Morgan fingerprint density at radius 2 is 1.75 bits per heavy atom. The van der Waals surface area contributed by atoms with Gasteiger partial charge in [-0.25, -0.2) is 0 Å². The molecule has 24 heavy (non-hydrogen) atoms. The van der Waals surface area contributed by atoms with Gasteiger partial charge in [0.15, 0.2) is 5.96 Å². The van der Waals surface area contributed by atoms with Gasteiger partial charge >= 0.3 is 0 Å². The minimum absolute atomic E-state index is 0. The number of benzene rings is 1. The average molecular weight is 446 g/mol. The first-order valence-corrected chi connectivity index (χ1v) is 8.93. The third kappa shape index (κ3) is 9.47. The van der Waals surface area contributed by atoms with Crippen LogP contribution in [0.4, 0.5) is 0 Å². The normalized spacial score (nSPS) is 12.6. The molecule has 138 valence electrons. The van der Waals surface area contributed by atoms with Crippen LogP contribution in [0.2, 0.25) is 0 Å². The second-order valence-electron chi connectivity index (χ2n) is 5.93. The molecule has 0 spiro atoms. The lowest BCUT2D eigenvalue weighted by atomic mass is 10.0. The number of hydrogen-bond donors (Lipinski definition) is 2. The Labute approximate surface area is 165 Å². The molecule has 5 heteroatoms. The van der Waals surface area contributed by atoms with E-state index in [1.165, 1.54) is 24.9 Å². The van der Waals surface area contributed by atoms with Crippen LogP contribution in [-0.2, 0) is 0 Å². The fourth-order valence-electron chi connectivity index (χ4n) is 2.58. The summed E-state index contributed by atoms with van der Waals surface area (Å²) in [5.74, 6) is 1.37. The van der Waals surface area contributed by atoms with Crippen LogP contribution in [-0.4, -0.2) is 50.6 Å². The molecular weight excluding hydrogens is 411 g/mol. The maximum atomic E-state index is 4.30. The van der Waals surface area contributed by atoms with E-state index in [9.17, 15) is 0 Å². The lowest BCUT2D eigenvalue weighted by molar-refractivity contribution is 0.297. The molecule has 0 aliphatic heterocycles. The topological polar surface area (TPSA) is 39.7 Å². The number of nitrogens with one attached hydrogen (secondary N) is 2. The van der Waals surface area contributed by atoms with E-state index in [0.29, 0.717) is 5.92 Å². The van der Waals surface area contributed by atoms with Crippen LogP contribution in [0.25, 0.3) is 0 Å². The maximum Gasteiger partial charge on any atom is 0.190 e. The number of nitrogens with zero attached hydrogens (tertiary/aromatic N) is 2. The highest BCUT2D eigenvalue weighted by atomic mass is 127. The van der Waals surface area contributed by atoms with Gasteiger partial charge in [-0.1, -0.05) is 51.1 Å². The van der Waals surface area contributed by atoms with Crippen molar-refractivity contribution in [2.24, 2.45) is 4.99 Å². The minimum atomic E-state index is 0. The van der Waals surface area contributed by atoms with Crippen LogP contribution in [0.1, 0.15) is 45.1 Å². The molecule has 0 bridgehead atoms. The zero-order valence-corrected chi connectivity index (χ0v) is 18.0. The highest BCUT2D eigenvalue weighted by molar-refractivity contribution is 14.0. The fraction of sp³-hybridized carbons (Fsp3) is 0.632. The minimum Gasteiger partial charge on any atom is -0.356 e. The highest BCUT2D eigenvalue weighted by Gasteiger charge is 2.06. The van der Waals surface area contributed by atoms with Crippen molar-refractivity contribution >= 4 is 29.9 Å². The molecule has 0 fully saturated rings. The van der Waals surface area contributed by atoms with Crippen LogP contribution in [0.5, 0.6) is 0 Å². The maximum absolute atomic E-state index is 4.30. The van der Waals surface area contributed by atoms with Crippen LogP contribution < -0.4 is 10.6 Å². The molecule has 1 unspecified atom stereocenters. The van der Waals surface area contributed by atoms with Gasteiger partial charge in [-0.05, 0) is 44.0 Å². The second kappa shape index (κ2) is 14.5. The Hall–Kier alpha value is -0.820. The van der Waals surface area contributed by atoms with E-state index in [0.717, 1.165) is 32.1 Å². The quantitative estimate of drug-likeness (QED) is 0.249. The third-order valence-electron chi connectivity index (χ3n) is 4.26. The van der Waals surface area contributed by atoms with E-state index in [4.69, 9.17) is 0 Å². The first-order valence-electron chi connectivity index (χ1n) is 8.93. The molecule has 2 N–H and O–H groups in total. The Kier molecular flexibility index (Phi) is 14.0. The van der Waals surface area contributed by atoms with Gasteiger partial charge in [0, 0.05) is 20.1 Å². The molecule has 0 saturated carbocycles. The summed E-state index contributed by atoms with van der Waals surface area (Å²) >= 11 is 0. The number of hydrogen-bond acceptors (Lipinski definition) is 2. The molecule has 0 saturated heterocycles. The van der Waals surface area contributed by atoms with E-state index in [2.05, 4.69) is 71.6 Å². The zero-order chi connectivity index (χ0) is 16.9. The zero-order valence-electron chi connectivity index (χ0n) is 15.7. The molecule has 1 rings (SSSR count). The Morgan fingerprint density at radius 3 is 2.33 bits per heavy atom. The molecule has 0 aromatic heterocycles. The van der Waals surface area contributed by atoms with Crippen molar-refractivity contribution in [2.75, 3.05) is 39.8 Å². The van der Waals surface area contributed by atoms with E-state index in [1.54, 1.807) is 0 Å². The number of rotatable bonds is 10. The largest absolute Gasteiger partial charge is 0.356 e. The summed E-state index contributed by atoms with van der Waals surface area (Å²) in [5, 5.41) is 6.82. The van der Waals surface area contributed by atoms with Gasteiger partial charge < -0.3 is 15.5 Å². The Morgan fingerprint density at radius 1 is 1.08 bits per heavy atom. The molecule has 0 radical (unpaired) electrons. The first-order chi connectivity index (χ1) is 11.2. The number of aliphatic imine (C=N–C) groups is 1. The average Bonchev–Trinajstić information content (AvgIpc) is 2.61. The Bertz CT molecular complexity index is 432. The molecule has 4 nitrogen and oxygen atoms in total. The summed E-state index contributed by atoms with van der Waals surface area (Å²) in [7, 11) is 1.83. The summed E-state index contributed by atoms with van der Waals surface area (Å²) in [6, 6.07) is 10.6. The fourth-order valence-corrected chi connectivity index (χ4v) is 2.58. The van der Waals surface area contributed by atoms with Gasteiger partial charge in [0.05, 0.1) is 0 Å².